The summed E-state index contributed by atoms with van der Waals surface area (Å²) >= 11 is 1.88. The van der Waals surface area contributed by atoms with Crippen LogP contribution in [0.5, 0.6) is 0 Å². The van der Waals surface area contributed by atoms with Crippen LogP contribution in [-0.2, 0) is 11.2 Å². The number of amides is 2. The molecule has 4 nitrogen and oxygen atoms in total. The molecule has 0 N–H and O–H groups in total. The summed E-state index contributed by atoms with van der Waals surface area (Å²) < 4.78 is 0. The van der Waals surface area contributed by atoms with Gasteiger partial charge in [0.1, 0.15) is 0 Å². The Morgan fingerprint density at radius 2 is 2.18 bits per heavy atom. The van der Waals surface area contributed by atoms with Crippen LogP contribution in [0.15, 0.2) is 18.2 Å². The third kappa shape index (κ3) is 2.74. The van der Waals surface area contributed by atoms with E-state index < -0.39 is 0 Å². The molecule has 3 rings (SSSR count). The molecule has 22 heavy (non-hydrogen) atoms. The number of hydrogen-bond acceptors (Lipinski definition) is 3. The lowest BCUT2D eigenvalue weighted by molar-refractivity contribution is -0.118. The van der Waals surface area contributed by atoms with Crippen molar-refractivity contribution in [2.75, 3.05) is 24.2 Å². The van der Waals surface area contributed by atoms with Crippen molar-refractivity contribution < 1.29 is 9.59 Å². The van der Waals surface area contributed by atoms with Gasteiger partial charge in [0.2, 0.25) is 5.91 Å². The van der Waals surface area contributed by atoms with Crippen LogP contribution in [0.2, 0.25) is 0 Å². The lowest BCUT2D eigenvalue weighted by Gasteiger charge is -2.27. The Kier molecular flexibility index (Phi) is 4.43. The number of anilines is 1. The first-order valence-corrected chi connectivity index (χ1v) is 8.98. The highest BCUT2D eigenvalue weighted by Gasteiger charge is 2.30. The number of benzene rings is 1. The van der Waals surface area contributed by atoms with Gasteiger partial charge in [-0.25, -0.2) is 0 Å². The van der Waals surface area contributed by atoms with Gasteiger partial charge < -0.3 is 9.80 Å². The molecule has 0 saturated carbocycles. The number of aryl methyl sites for hydroxylation is 1. The molecule has 118 valence electrons. The Morgan fingerprint density at radius 1 is 1.36 bits per heavy atom. The fourth-order valence-electron chi connectivity index (χ4n) is 3.19. The van der Waals surface area contributed by atoms with Crippen LogP contribution in [-0.4, -0.2) is 41.4 Å². The minimum absolute atomic E-state index is 0.130. The van der Waals surface area contributed by atoms with Crippen molar-refractivity contribution in [1.29, 1.82) is 0 Å². The van der Waals surface area contributed by atoms with Gasteiger partial charge in [0.05, 0.1) is 5.37 Å². The van der Waals surface area contributed by atoms with Crippen LogP contribution in [0.1, 0.15) is 42.1 Å². The maximum absolute atomic E-state index is 12.8. The molecule has 2 aliphatic rings. The van der Waals surface area contributed by atoms with Gasteiger partial charge in [0.25, 0.3) is 5.91 Å². The largest absolute Gasteiger partial charge is 0.326 e. The fourth-order valence-corrected chi connectivity index (χ4v) is 4.55. The summed E-state index contributed by atoms with van der Waals surface area (Å²) in [5.41, 5.74) is 2.80. The summed E-state index contributed by atoms with van der Waals surface area (Å²) in [6, 6.07) is 5.76. The van der Waals surface area contributed by atoms with E-state index in [9.17, 15) is 9.59 Å². The van der Waals surface area contributed by atoms with E-state index in [1.807, 2.05) is 34.9 Å². The Hall–Kier alpha value is -1.49. The maximum Gasteiger partial charge on any atom is 0.254 e. The van der Waals surface area contributed by atoms with Crippen LogP contribution in [0.4, 0.5) is 5.69 Å². The quantitative estimate of drug-likeness (QED) is 0.860. The molecule has 1 fully saturated rings. The smallest absolute Gasteiger partial charge is 0.254 e. The predicted octanol–water partition coefficient (Wildman–Crippen LogP) is 2.91. The molecule has 0 bridgehead atoms. The average molecular weight is 318 g/mol. The highest BCUT2D eigenvalue weighted by Crippen LogP contribution is 2.31. The predicted molar refractivity (Wildman–Crippen MR) is 90.4 cm³/mol. The molecular weight excluding hydrogens is 296 g/mol. The summed E-state index contributed by atoms with van der Waals surface area (Å²) in [5, 5.41) is 0.317. The molecule has 0 aromatic heterocycles. The molecular formula is C17H22N2O2S. The third-order valence-corrected chi connectivity index (χ3v) is 5.75. The first-order chi connectivity index (χ1) is 10.6. The zero-order valence-electron chi connectivity index (χ0n) is 13.2. The molecule has 1 aromatic rings. The van der Waals surface area contributed by atoms with Crippen molar-refractivity contribution >= 4 is 29.3 Å². The summed E-state index contributed by atoms with van der Waals surface area (Å²) in [6.45, 7) is 3.00. The van der Waals surface area contributed by atoms with Gasteiger partial charge in [-0.3, -0.25) is 9.59 Å². The van der Waals surface area contributed by atoms with Crippen molar-refractivity contribution in [2.24, 2.45) is 0 Å². The normalized spacial score (nSPS) is 21.2. The molecule has 0 spiro atoms. The molecule has 1 unspecified atom stereocenters. The SMILES string of the molecule is CCCC1SCCN1C(=O)c1ccc2c(c1)CCC(=O)N2C. The van der Waals surface area contributed by atoms with Gasteiger partial charge in [0, 0.05) is 37.0 Å². The molecule has 1 atom stereocenters. The summed E-state index contributed by atoms with van der Waals surface area (Å²) in [7, 11) is 1.80. The number of rotatable bonds is 3. The van der Waals surface area contributed by atoms with Crippen LogP contribution in [0.25, 0.3) is 0 Å². The Balaban J connectivity index is 1.83. The highest BCUT2D eigenvalue weighted by atomic mass is 32.2. The molecule has 0 aliphatic carbocycles. The fraction of sp³-hybridized carbons (Fsp3) is 0.529. The summed E-state index contributed by atoms with van der Waals surface area (Å²) in [6.07, 6.45) is 3.41. The van der Waals surface area contributed by atoms with Crippen molar-refractivity contribution in [3.05, 3.63) is 29.3 Å². The average Bonchev–Trinajstić information content (AvgIpc) is 2.98. The van der Waals surface area contributed by atoms with Gasteiger partial charge >= 0.3 is 0 Å². The Morgan fingerprint density at radius 3 is 2.95 bits per heavy atom. The number of carbonyl (C=O) groups excluding carboxylic acids is 2. The number of fused-ring (bicyclic) bond motifs is 1. The van der Waals surface area contributed by atoms with Gasteiger partial charge in [-0.1, -0.05) is 13.3 Å². The number of thioether (sulfide) groups is 1. The van der Waals surface area contributed by atoms with Crippen molar-refractivity contribution in [2.45, 2.75) is 38.0 Å². The van der Waals surface area contributed by atoms with E-state index in [0.717, 1.165) is 48.4 Å². The van der Waals surface area contributed by atoms with Crippen molar-refractivity contribution in [3.8, 4) is 0 Å². The Bertz CT molecular complexity index is 602. The topological polar surface area (TPSA) is 40.6 Å². The lowest BCUT2D eigenvalue weighted by atomic mass is 9.98. The number of nitrogens with zero attached hydrogens (tertiary/aromatic N) is 2. The van der Waals surface area contributed by atoms with Gasteiger partial charge in [-0.2, -0.15) is 0 Å². The van der Waals surface area contributed by atoms with E-state index in [1.165, 1.54) is 0 Å². The van der Waals surface area contributed by atoms with Gasteiger partial charge in [-0.05, 0) is 36.6 Å². The molecule has 1 saturated heterocycles. The second-order valence-corrected chi connectivity index (χ2v) is 7.19. The van der Waals surface area contributed by atoms with Crippen LogP contribution < -0.4 is 4.90 Å². The summed E-state index contributed by atoms with van der Waals surface area (Å²) in [4.78, 5) is 28.2. The third-order valence-electron chi connectivity index (χ3n) is 4.46. The van der Waals surface area contributed by atoms with Crippen LogP contribution >= 0.6 is 11.8 Å². The zero-order valence-corrected chi connectivity index (χ0v) is 14.0. The van der Waals surface area contributed by atoms with Gasteiger partial charge in [0.15, 0.2) is 0 Å². The number of carbonyl (C=O) groups is 2. The van der Waals surface area contributed by atoms with E-state index >= 15 is 0 Å². The van der Waals surface area contributed by atoms with E-state index in [2.05, 4.69) is 6.92 Å². The van der Waals surface area contributed by atoms with Gasteiger partial charge in [-0.15, -0.1) is 11.8 Å². The highest BCUT2D eigenvalue weighted by molar-refractivity contribution is 8.00. The van der Waals surface area contributed by atoms with E-state index in [4.69, 9.17) is 0 Å². The molecule has 2 amide bonds. The molecule has 5 heteroatoms. The van der Waals surface area contributed by atoms with E-state index in [1.54, 1.807) is 11.9 Å². The monoisotopic (exact) mass is 318 g/mol. The summed E-state index contributed by atoms with van der Waals surface area (Å²) in [5.74, 6) is 1.30. The van der Waals surface area contributed by atoms with Crippen LogP contribution in [0.3, 0.4) is 0 Å². The standard InChI is InChI=1S/C17H22N2O2S/c1-3-4-16-19(9-10-22-16)17(21)13-5-7-14-12(11-13)6-8-15(20)18(14)2/h5,7,11,16H,3-4,6,8-10H2,1-2H3. The molecule has 1 aromatic carbocycles. The van der Waals surface area contributed by atoms with E-state index in [0.29, 0.717) is 11.8 Å². The minimum atomic E-state index is 0.130. The maximum atomic E-state index is 12.8. The first kappa shape index (κ1) is 15.4. The second-order valence-electron chi connectivity index (χ2n) is 5.91. The van der Waals surface area contributed by atoms with Crippen molar-refractivity contribution in [3.63, 3.8) is 0 Å². The molecule has 2 heterocycles. The van der Waals surface area contributed by atoms with E-state index in [-0.39, 0.29) is 11.8 Å². The molecule has 2 aliphatic heterocycles. The van der Waals surface area contributed by atoms with Crippen molar-refractivity contribution in [1.82, 2.24) is 4.90 Å². The lowest BCUT2D eigenvalue weighted by Crippen LogP contribution is -2.35. The minimum Gasteiger partial charge on any atom is -0.326 e. The molecule has 0 radical (unpaired) electrons. The Labute approximate surface area is 135 Å². The van der Waals surface area contributed by atoms with Crippen LogP contribution in [0, 0.1) is 0 Å². The zero-order chi connectivity index (χ0) is 15.7. The number of hydrogen-bond donors (Lipinski definition) is 0. The first-order valence-electron chi connectivity index (χ1n) is 7.94. The second kappa shape index (κ2) is 6.32.